The molecule has 3 amide bonds. The van der Waals surface area contributed by atoms with Gasteiger partial charge in [-0.2, -0.15) is 5.10 Å². The number of para-hydroxylation sites is 1. The average Bonchev–Trinajstić information content (AvgIpc) is 3.30. The number of urea groups is 1. The molecule has 1 aromatic heterocycles. The molecule has 0 aliphatic heterocycles. The fraction of sp³-hybridized carbons (Fsp3) is 0.393. The number of amides is 3. The zero-order chi connectivity index (χ0) is 27.9. The number of unbranched alkanes of at least 4 members (excludes halogenated alkanes) is 2. The van der Waals surface area contributed by atoms with Gasteiger partial charge in [0.05, 0.1) is 34.2 Å². The van der Waals surface area contributed by atoms with E-state index in [0.29, 0.717) is 28.1 Å². The van der Waals surface area contributed by atoms with Gasteiger partial charge >= 0.3 is 6.03 Å². The predicted octanol–water partition coefficient (Wildman–Crippen LogP) is 7.15. The molecular formula is C28H35Cl2N5O3. The van der Waals surface area contributed by atoms with Gasteiger partial charge < -0.3 is 20.3 Å². The van der Waals surface area contributed by atoms with Gasteiger partial charge in [0.15, 0.2) is 0 Å². The van der Waals surface area contributed by atoms with Crippen molar-refractivity contribution in [2.24, 2.45) is 0 Å². The van der Waals surface area contributed by atoms with Gasteiger partial charge in [0.2, 0.25) is 5.91 Å². The normalized spacial score (nSPS) is 11.2. The second-order valence-corrected chi connectivity index (χ2v) is 10.8. The SMILES string of the molecule is CCCCCN(CC(=O)Nc1cc(C(C)(C)C)nn1-c1ccc(OC)cc1)C(=O)Nc1c(Cl)cccc1Cl. The van der Waals surface area contributed by atoms with E-state index in [1.165, 1.54) is 4.90 Å². The van der Waals surface area contributed by atoms with E-state index in [-0.39, 0.29) is 17.9 Å². The third kappa shape index (κ3) is 7.65. The van der Waals surface area contributed by atoms with Crippen LogP contribution in [0.1, 0.15) is 52.7 Å². The number of ether oxygens (including phenoxy) is 1. The molecule has 8 nitrogen and oxygen atoms in total. The molecule has 0 bridgehead atoms. The van der Waals surface area contributed by atoms with E-state index in [2.05, 4.69) is 38.3 Å². The minimum atomic E-state index is -0.453. The number of nitrogens with one attached hydrogen (secondary N) is 2. The molecule has 3 rings (SSSR count). The molecule has 0 fully saturated rings. The van der Waals surface area contributed by atoms with E-state index >= 15 is 0 Å². The van der Waals surface area contributed by atoms with Crippen LogP contribution in [0, 0.1) is 0 Å². The number of methoxy groups -OCH3 is 1. The standard InChI is InChI=1S/C28H35Cl2N5O3/c1-6-7-8-16-34(27(37)32-26-21(29)10-9-11-22(26)30)18-25(36)31-24-17-23(28(2,3)4)33-35(24)19-12-14-20(38-5)15-13-19/h9-15,17H,6-8,16,18H2,1-5H3,(H,31,36)(H,32,37). The summed E-state index contributed by atoms with van der Waals surface area (Å²) in [5.41, 5.74) is 1.66. The zero-order valence-electron chi connectivity index (χ0n) is 22.5. The first kappa shape index (κ1) is 29.3. The lowest BCUT2D eigenvalue weighted by molar-refractivity contribution is -0.116. The lowest BCUT2D eigenvalue weighted by Gasteiger charge is -2.23. The topological polar surface area (TPSA) is 88.5 Å². The Morgan fingerprint density at radius 2 is 1.68 bits per heavy atom. The Kier molecular flexibility index (Phi) is 10.1. The maximum Gasteiger partial charge on any atom is 0.322 e. The molecule has 0 saturated carbocycles. The second kappa shape index (κ2) is 13.0. The van der Waals surface area contributed by atoms with Gasteiger partial charge in [-0.1, -0.05) is 69.8 Å². The highest BCUT2D eigenvalue weighted by atomic mass is 35.5. The van der Waals surface area contributed by atoms with Crippen molar-refractivity contribution in [3.8, 4) is 11.4 Å². The molecule has 0 atom stereocenters. The van der Waals surface area contributed by atoms with Gasteiger partial charge in [0.25, 0.3) is 0 Å². The lowest BCUT2D eigenvalue weighted by Crippen LogP contribution is -2.41. The van der Waals surface area contributed by atoms with Crippen LogP contribution in [-0.4, -0.2) is 46.8 Å². The summed E-state index contributed by atoms with van der Waals surface area (Å²) in [7, 11) is 1.61. The van der Waals surface area contributed by atoms with Crippen LogP contribution in [-0.2, 0) is 10.2 Å². The summed E-state index contributed by atoms with van der Waals surface area (Å²) >= 11 is 12.5. The number of hydrogen-bond donors (Lipinski definition) is 2. The molecule has 1 heterocycles. The molecule has 0 saturated heterocycles. The number of benzene rings is 2. The van der Waals surface area contributed by atoms with Gasteiger partial charge in [0, 0.05) is 18.0 Å². The van der Waals surface area contributed by atoms with E-state index in [1.807, 2.05) is 30.3 Å². The van der Waals surface area contributed by atoms with Gasteiger partial charge in [0.1, 0.15) is 18.1 Å². The maximum absolute atomic E-state index is 13.2. The number of carbonyl (C=O) groups is 2. The van der Waals surface area contributed by atoms with E-state index in [4.69, 9.17) is 33.0 Å². The third-order valence-electron chi connectivity index (χ3n) is 5.91. The summed E-state index contributed by atoms with van der Waals surface area (Å²) in [6, 6.07) is 13.8. The molecule has 204 valence electrons. The fourth-order valence-corrected chi connectivity index (χ4v) is 4.21. The van der Waals surface area contributed by atoms with Crippen LogP contribution in [0.3, 0.4) is 0 Å². The molecule has 0 radical (unpaired) electrons. The quantitative estimate of drug-likeness (QED) is 0.258. The Morgan fingerprint density at radius 3 is 2.26 bits per heavy atom. The molecule has 2 aromatic carbocycles. The van der Waals surface area contributed by atoms with E-state index in [0.717, 1.165) is 36.4 Å². The molecular weight excluding hydrogens is 525 g/mol. The van der Waals surface area contributed by atoms with Gasteiger partial charge in [-0.3, -0.25) is 4.79 Å². The summed E-state index contributed by atoms with van der Waals surface area (Å²) in [4.78, 5) is 27.9. The molecule has 0 aliphatic rings. The molecule has 0 unspecified atom stereocenters. The van der Waals surface area contributed by atoms with Crippen molar-refractivity contribution in [1.82, 2.24) is 14.7 Å². The van der Waals surface area contributed by atoms with Gasteiger partial charge in [-0.05, 0) is 42.8 Å². The minimum Gasteiger partial charge on any atom is -0.497 e. The van der Waals surface area contributed by atoms with Crippen LogP contribution < -0.4 is 15.4 Å². The Balaban J connectivity index is 1.83. The number of halogens is 2. The number of aromatic nitrogens is 2. The fourth-order valence-electron chi connectivity index (χ4n) is 3.72. The maximum atomic E-state index is 13.2. The number of nitrogens with zero attached hydrogens (tertiary/aromatic N) is 3. The first-order chi connectivity index (χ1) is 18.0. The van der Waals surface area contributed by atoms with Gasteiger partial charge in [-0.25, -0.2) is 9.48 Å². The van der Waals surface area contributed by atoms with Crippen molar-refractivity contribution in [2.75, 3.05) is 30.8 Å². The summed E-state index contributed by atoms with van der Waals surface area (Å²) in [6.45, 7) is 8.49. The van der Waals surface area contributed by atoms with Crippen LogP contribution in [0.15, 0.2) is 48.5 Å². The second-order valence-electron chi connectivity index (χ2n) is 9.98. The Bertz CT molecular complexity index is 1230. The van der Waals surface area contributed by atoms with Crippen molar-refractivity contribution < 1.29 is 14.3 Å². The number of rotatable bonds is 10. The van der Waals surface area contributed by atoms with Gasteiger partial charge in [-0.15, -0.1) is 0 Å². The van der Waals surface area contributed by atoms with Crippen molar-refractivity contribution in [3.63, 3.8) is 0 Å². The lowest BCUT2D eigenvalue weighted by atomic mass is 9.92. The van der Waals surface area contributed by atoms with Crippen molar-refractivity contribution in [3.05, 3.63) is 64.3 Å². The number of carbonyl (C=O) groups excluding carboxylic acids is 2. The molecule has 0 spiro atoms. The van der Waals surface area contributed by atoms with E-state index in [1.54, 1.807) is 30.0 Å². The summed E-state index contributed by atoms with van der Waals surface area (Å²) < 4.78 is 6.95. The Hall–Kier alpha value is -3.23. The molecule has 3 aromatic rings. The zero-order valence-corrected chi connectivity index (χ0v) is 24.0. The average molecular weight is 561 g/mol. The molecule has 10 heteroatoms. The van der Waals surface area contributed by atoms with E-state index < -0.39 is 6.03 Å². The van der Waals surface area contributed by atoms with Crippen molar-refractivity contribution >= 4 is 46.6 Å². The Morgan fingerprint density at radius 1 is 1.03 bits per heavy atom. The van der Waals surface area contributed by atoms with E-state index in [9.17, 15) is 9.59 Å². The molecule has 38 heavy (non-hydrogen) atoms. The highest BCUT2D eigenvalue weighted by molar-refractivity contribution is 6.39. The molecule has 2 N–H and O–H groups in total. The summed E-state index contributed by atoms with van der Waals surface area (Å²) in [5.74, 6) is 0.875. The Labute approximate surface area is 234 Å². The summed E-state index contributed by atoms with van der Waals surface area (Å²) in [5, 5.41) is 11.1. The highest BCUT2D eigenvalue weighted by Gasteiger charge is 2.24. The minimum absolute atomic E-state index is 0.156. The van der Waals surface area contributed by atoms with Crippen LogP contribution in [0.25, 0.3) is 5.69 Å². The predicted molar refractivity (Wildman–Crippen MR) is 154 cm³/mol. The van der Waals surface area contributed by atoms with Crippen LogP contribution >= 0.6 is 23.2 Å². The largest absolute Gasteiger partial charge is 0.497 e. The first-order valence-corrected chi connectivity index (χ1v) is 13.3. The highest BCUT2D eigenvalue weighted by Crippen LogP contribution is 2.30. The molecule has 0 aliphatic carbocycles. The summed E-state index contributed by atoms with van der Waals surface area (Å²) in [6.07, 6.45) is 2.66. The smallest absolute Gasteiger partial charge is 0.322 e. The number of hydrogen-bond acceptors (Lipinski definition) is 4. The van der Waals surface area contributed by atoms with Crippen LogP contribution in [0.2, 0.25) is 10.0 Å². The van der Waals surface area contributed by atoms with Crippen LogP contribution in [0.5, 0.6) is 5.75 Å². The van der Waals surface area contributed by atoms with Crippen molar-refractivity contribution in [2.45, 2.75) is 52.4 Å². The monoisotopic (exact) mass is 559 g/mol. The van der Waals surface area contributed by atoms with Crippen molar-refractivity contribution in [1.29, 1.82) is 0 Å². The first-order valence-electron chi connectivity index (χ1n) is 12.6. The third-order valence-corrected chi connectivity index (χ3v) is 6.54. The number of anilines is 2. The van der Waals surface area contributed by atoms with Crippen LogP contribution in [0.4, 0.5) is 16.3 Å².